The minimum atomic E-state index is 1.24. The van der Waals surface area contributed by atoms with Crippen molar-refractivity contribution in [3.8, 4) is 0 Å². The predicted octanol–water partition coefficient (Wildman–Crippen LogP) is 11.2. The molecule has 0 aliphatic rings. The SMILES string of the molecule is CCCCCCCCCCCCCCCCCCN(C)CCSSCCN(C)CCCCCCCCC. The van der Waals surface area contributed by atoms with Gasteiger partial charge < -0.3 is 9.80 Å². The number of rotatable bonds is 32. The Morgan fingerprint density at radius 1 is 0.324 bits per heavy atom. The molecule has 37 heavy (non-hydrogen) atoms. The minimum Gasteiger partial charge on any atom is -0.306 e. The normalized spacial score (nSPS) is 11.8. The quantitative estimate of drug-likeness (QED) is 0.0598. The third kappa shape index (κ3) is 32.7. The van der Waals surface area contributed by atoms with Gasteiger partial charge >= 0.3 is 0 Å². The smallest absolute Gasteiger partial charge is 0.0165 e. The van der Waals surface area contributed by atoms with E-state index in [0.29, 0.717) is 0 Å². The molecule has 2 nitrogen and oxygen atoms in total. The first-order chi connectivity index (χ1) is 18.2. The van der Waals surface area contributed by atoms with Gasteiger partial charge in [0.1, 0.15) is 0 Å². The van der Waals surface area contributed by atoms with E-state index >= 15 is 0 Å². The molecule has 0 heterocycles. The Morgan fingerprint density at radius 2 is 0.568 bits per heavy atom. The van der Waals surface area contributed by atoms with Crippen LogP contribution in [-0.2, 0) is 0 Å². The molecule has 0 aromatic heterocycles. The fraction of sp³-hybridized carbons (Fsp3) is 1.00. The molecule has 0 spiro atoms. The van der Waals surface area contributed by atoms with Gasteiger partial charge in [0.15, 0.2) is 0 Å². The van der Waals surface area contributed by atoms with Crippen LogP contribution in [-0.4, -0.2) is 61.6 Å². The summed E-state index contributed by atoms with van der Waals surface area (Å²) in [5, 5.41) is 0. The minimum absolute atomic E-state index is 1.24. The Morgan fingerprint density at radius 3 is 0.838 bits per heavy atom. The second-order valence-electron chi connectivity index (χ2n) is 11.7. The summed E-state index contributed by atoms with van der Waals surface area (Å²) in [6, 6.07) is 0. The highest BCUT2D eigenvalue weighted by Crippen LogP contribution is 2.21. The first-order valence-corrected chi connectivity index (χ1v) is 19.3. The maximum absolute atomic E-state index is 2.55. The van der Waals surface area contributed by atoms with E-state index in [1.807, 2.05) is 0 Å². The van der Waals surface area contributed by atoms with Crippen molar-refractivity contribution in [2.75, 3.05) is 51.8 Å². The zero-order valence-electron chi connectivity index (χ0n) is 26.2. The van der Waals surface area contributed by atoms with E-state index in [0.717, 1.165) is 0 Å². The molecule has 0 aliphatic heterocycles. The van der Waals surface area contributed by atoms with Gasteiger partial charge in [0, 0.05) is 24.6 Å². The zero-order chi connectivity index (χ0) is 27.1. The molecule has 0 unspecified atom stereocenters. The summed E-state index contributed by atoms with van der Waals surface area (Å²) in [6.07, 6.45) is 33.2. The van der Waals surface area contributed by atoms with E-state index in [9.17, 15) is 0 Å². The van der Waals surface area contributed by atoms with Crippen molar-refractivity contribution in [3.05, 3.63) is 0 Å². The molecular formula is C33H70N2S2. The maximum atomic E-state index is 2.55. The van der Waals surface area contributed by atoms with E-state index in [1.54, 1.807) is 0 Å². The molecule has 0 bridgehead atoms. The maximum Gasteiger partial charge on any atom is 0.0165 e. The van der Waals surface area contributed by atoms with Gasteiger partial charge in [-0.05, 0) is 40.0 Å². The lowest BCUT2D eigenvalue weighted by molar-refractivity contribution is 0.343. The van der Waals surface area contributed by atoms with Crippen molar-refractivity contribution < 1.29 is 0 Å². The van der Waals surface area contributed by atoms with E-state index < -0.39 is 0 Å². The summed E-state index contributed by atoms with van der Waals surface area (Å²) in [5.74, 6) is 2.53. The zero-order valence-corrected chi connectivity index (χ0v) is 27.9. The van der Waals surface area contributed by atoms with Crippen LogP contribution in [0.1, 0.15) is 162 Å². The van der Waals surface area contributed by atoms with Gasteiger partial charge in [-0.2, -0.15) is 0 Å². The highest BCUT2D eigenvalue weighted by molar-refractivity contribution is 8.76. The lowest BCUT2D eigenvalue weighted by Gasteiger charge is -2.17. The second-order valence-corrected chi connectivity index (χ2v) is 14.4. The summed E-state index contributed by atoms with van der Waals surface area (Å²) in [6.45, 7) is 9.64. The topological polar surface area (TPSA) is 6.48 Å². The lowest BCUT2D eigenvalue weighted by Crippen LogP contribution is -2.23. The Labute approximate surface area is 244 Å². The Kier molecular flexibility index (Phi) is 33.4. The molecule has 0 N–H and O–H groups in total. The largest absolute Gasteiger partial charge is 0.306 e. The van der Waals surface area contributed by atoms with Gasteiger partial charge in [0.2, 0.25) is 0 Å². The lowest BCUT2D eigenvalue weighted by atomic mass is 10.0. The van der Waals surface area contributed by atoms with Gasteiger partial charge in [0.25, 0.3) is 0 Å². The van der Waals surface area contributed by atoms with E-state index in [4.69, 9.17) is 0 Å². The molecule has 0 fully saturated rings. The molecule has 0 saturated carbocycles. The van der Waals surface area contributed by atoms with Gasteiger partial charge in [-0.3, -0.25) is 0 Å². The molecule has 0 atom stereocenters. The van der Waals surface area contributed by atoms with Crippen LogP contribution in [0.3, 0.4) is 0 Å². The van der Waals surface area contributed by atoms with E-state index in [-0.39, 0.29) is 0 Å². The van der Waals surface area contributed by atoms with Crippen molar-refractivity contribution >= 4 is 21.6 Å². The van der Waals surface area contributed by atoms with E-state index in [1.165, 1.54) is 185 Å². The first kappa shape index (κ1) is 37.6. The van der Waals surface area contributed by atoms with Crippen molar-refractivity contribution in [3.63, 3.8) is 0 Å². The fourth-order valence-electron chi connectivity index (χ4n) is 5.00. The summed E-state index contributed by atoms with van der Waals surface area (Å²) in [4.78, 5) is 5.08. The fourth-order valence-corrected chi connectivity index (χ4v) is 7.16. The Hall–Kier alpha value is 0.620. The van der Waals surface area contributed by atoms with Crippen LogP contribution >= 0.6 is 21.6 Å². The van der Waals surface area contributed by atoms with Gasteiger partial charge in [-0.15, -0.1) is 0 Å². The molecule has 0 rings (SSSR count). The van der Waals surface area contributed by atoms with Crippen molar-refractivity contribution in [2.24, 2.45) is 0 Å². The molecule has 4 heteroatoms. The molecule has 0 radical (unpaired) electrons. The van der Waals surface area contributed by atoms with Crippen molar-refractivity contribution in [1.29, 1.82) is 0 Å². The standard InChI is InChI=1S/C33H70N2S2/c1-5-7-9-11-13-14-15-16-17-18-19-20-21-23-25-27-29-35(4)31-33-37-36-32-30-34(3)28-26-24-22-12-10-8-6-2/h5-33H2,1-4H3. The Bertz CT molecular complexity index is 408. The molecule has 0 aliphatic carbocycles. The van der Waals surface area contributed by atoms with Crippen LogP contribution in [0.4, 0.5) is 0 Å². The molecule has 224 valence electrons. The van der Waals surface area contributed by atoms with Crippen LogP contribution < -0.4 is 0 Å². The van der Waals surface area contributed by atoms with Gasteiger partial charge in [-0.25, -0.2) is 0 Å². The van der Waals surface area contributed by atoms with Crippen LogP contribution in [0, 0.1) is 0 Å². The van der Waals surface area contributed by atoms with Crippen molar-refractivity contribution in [1.82, 2.24) is 9.80 Å². The van der Waals surface area contributed by atoms with Crippen LogP contribution in [0.25, 0.3) is 0 Å². The monoisotopic (exact) mass is 558 g/mol. The number of hydrogen-bond donors (Lipinski definition) is 0. The average molecular weight is 559 g/mol. The first-order valence-electron chi connectivity index (χ1n) is 16.8. The second kappa shape index (κ2) is 32.8. The average Bonchev–Trinajstić information content (AvgIpc) is 2.89. The molecule has 0 aromatic rings. The summed E-state index contributed by atoms with van der Waals surface area (Å²) in [7, 11) is 8.76. The molecule has 0 amide bonds. The number of unbranched alkanes of at least 4 members (excludes halogenated alkanes) is 21. The summed E-state index contributed by atoms with van der Waals surface area (Å²) >= 11 is 0. The summed E-state index contributed by atoms with van der Waals surface area (Å²) in [5.41, 5.74) is 0. The Balaban J connectivity index is 3.23. The van der Waals surface area contributed by atoms with Crippen molar-refractivity contribution in [2.45, 2.75) is 162 Å². The molecule has 0 aromatic carbocycles. The number of hydrogen-bond acceptors (Lipinski definition) is 4. The highest BCUT2D eigenvalue weighted by Gasteiger charge is 2.02. The molecule has 0 saturated heterocycles. The third-order valence-electron chi connectivity index (χ3n) is 7.73. The predicted molar refractivity (Wildman–Crippen MR) is 177 cm³/mol. The summed E-state index contributed by atoms with van der Waals surface area (Å²) < 4.78 is 0. The van der Waals surface area contributed by atoms with Crippen LogP contribution in [0.5, 0.6) is 0 Å². The highest BCUT2D eigenvalue weighted by atomic mass is 33.1. The third-order valence-corrected chi connectivity index (χ3v) is 10.1. The van der Waals surface area contributed by atoms with Crippen LogP contribution in [0.2, 0.25) is 0 Å². The molecular weight excluding hydrogens is 489 g/mol. The number of nitrogens with zero attached hydrogens (tertiary/aromatic N) is 2. The van der Waals surface area contributed by atoms with Gasteiger partial charge in [-0.1, -0.05) is 170 Å². The van der Waals surface area contributed by atoms with E-state index in [2.05, 4.69) is 59.3 Å². The van der Waals surface area contributed by atoms with Crippen LogP contribution in [0.15, 0.2) is 0 Å². The van der Waals surface area contributed by atoms with Gasteiger partial charge in [0.05, 0.1) is 0 Å².